The molecule has 0 aliphatic carbocycles. The van der Waals surface area contributed by atoms with Gasteiger partial charge < -0.3 is 28.7 Å². The molecule has 0 bridgehead atoms. The van der Waals surface area contributed by atoms with Crippen LogP contribution >= 0.6 is 0 Å². The van der Waals surface area contributed by atoms with Crippen LogP contribution in [0.4, 0.5) is 5.82 Å². The molecule has 0 unspecified atom stereocenters. The lowest BCUT2D eigenvalue weighted by atomic mass is 10.0. The van der Waals surface area contributed by atoms with E-state index in [1.807, 2.05) is 84.9 Å². The van der Waals surface area contributed by atoms with Crippen molar-refractivity contribution in [3.05, 3.63) is 162 Å². The maximum absolute atomic E-state index is 6.81. The van der Waals surface area contributed by atoms with Gasteiger partial charge in [-0.05, 0) is 22.3 Å². The molecule has 0 amide bonds. The van der Waals surface area contributed by atoms with Crippen molar-refractivity contribution >= 4 is 16.9 Å². The van der Waals surface area contributed by atoms with E-state index in [1.54, 1.807) is 12.6 Å². The van der Waals surface area contributed by atoms with Gasteiger partial charge >= 0.3 is 0 Å². The predicted octanol–water partition coefficient (Wildman–Crippen LogP) is 7.66. The number of hydrogen-bond donors (Lipinski definition) is 1. The van der Waals surface area contributed by atoms with Gasteiger partial charge in [0.2, 0.25) is 0 Å². The van der Waals surface area contributed by atoms with Crippen LogP contribution in [0.2, 0.25) is 0 Å². The topological polar surface area (TPSA) is 87.9 Å². The minimum atomic E-state index is -0.525. The predicted molar refractivity (Wildman–Crippen MR) is 179 cm³/mol. The van der Waals surface area contributed by atoms with Crippen molar-refractivity contribution in [1.82, 2.24) is 9.97 Å². The van der Waals surface area contributed by atoms with E-state index in [0.29, 0.717) is 49.9 Å². The largest absolute Gasteiger partial charge is 0.458 e. The maximum Gasteiger partial charge on any atom is 0.194 e. The summed E-state index contributed by atoms with van der Waals surface area (Å²) in [6.45, 7) is 2.18. The van der Waals surface area contributed by atoms with Crippen LogP contribution in [0.1, 0.15) is 33.9 Å². The molecule has 3 heterocycles. The van der Waals surface area contributed by atoms with Crippen LogP contribution in [0.3, 0.4) is 0 Å². The molecule has 1 saturated heterocycles. The minimum absolute atomic E-state index is 0.324. The molecule has 1 aliphatic heterocycles. The van der Waals surface area contributed by atoms with Gasteiger partial charge in [0.15, 0.2) is 11.4 Å². The van der Waals surface area contributed by atoms with Crippen molar-refractivity contribution in [3.63, 3.8) is 0 Å². The van der Waals surface area contributed by atoms with E-state index in [2.05, 4.69) is 51.7 Å². The van der Waals surface area contributed by atoms with Gasteiger partial charge in [0.1, 0.15) is 36.3 Å². The first-order valence-corrected chi connectivity index (χ1v) is 15.9. The zero-order chi connectivity index (χ0) is 31.7. The van der Waals surface area contributed by atoms with E-state index in [0.717, 1.165) is 27.8 Å². The zero-order valence-electron chi connectivity index (χ0n) is 26.0. The number of ether oxygens (including phenoxy) is 4. The van der Waals surface area contributed by atoms with Crippen molar-refractivity contribution in [2.45, 2.75) is 50.8 Å². The molecule has 1 N–H and O–H groups in total. The summed E-state index contributed by atoms with van der Waals surface area (Å²) in [6, 6.07) is 40.5. The fraction of sp³-hybridized carbons (Fsp3) is 0.231. The number of hydrogen-bond acceptors (Lipinski definition) is 8. The van der Waals surface area contributed by atoms with Gasteiger partial charge in [-0.1, -0.05) is 121 Å². The molecule has 6 aromatic rings. The number of rotatable bonds is 14. The molecule has 8 nitrogen and oxygen atoms in total. The third-order valence-corrected chi connectivity index (χ3v) is 8.26. The second-order valence-electron chi connectivity index (χ2n) is 11.5. The quantitative estimate of drug-likeness (QED) is 0.132. The fourth-order valence-electron chi connectivity index (χ4n) is 5.87. The van der Waals surface area contributed by atoms with E-state index in [-0.39, 0.29) is 0 Å². The summed E-state index contributed by atoms with van der Waals surface area (Å²) in [6.07, 6.45) is 1.42. The van der Waals surface area contributed by atoms with Gasteiger partial charge in [0.25, 0.3) is 0 Å². The number of benzene rings is 4. The van der Waals surface area contributed by atoms with E-state index in [9.17, 15) is 0 Å². The number of nitrogens with zero attached hydrogens (tertiary/aromatic N) is 2. The molecule has 4 aromatic carbocycles. The lowest BCUT2D eigenvalue weighted by Crippen LogP contribution is -2.37. The Balaban J connectivity index is 1.18. The minimum Gasteiger partial charge on any atom is -0.458 e. The summed E-state index contributed by atoms with van der Waals surface area (Å²) in [7, 11) is 0. The normalized spacial score (nSPS) is 19.2. The Morgan fingerprint density at radius 1 is 0.617 bits per heavy atom. The molecule has 2 aromatic heterocycles. The van der Waals surface area contributed by atoms with E-state index < -0.39 is 24.4 Å². The van der Waals surface area contributed by atoms with Crippen LogP contribution in [-0.4, -0.2) is 34.9 Å². The summed E-state index contributed by atoms with van der Waals surface area (Å²) < 4.78 is 32.5. The van der Waals surface area contributed by atoms with Gasteiger partial charge in [0, 0.05) is 12.1 Å². The third kappa shape index (κ3) is 7.59. The summed E-state index contributed by atoms with van der Waals surface area (Å²) in [4.78, 5) is 9.13. The van der Waals surface area contributed by atoms with Crippen molar-refractivity contribution < 1.29 is 23.4 Å². The number of nitrogens with one attached hydrogen (secondary N) is 1. The molecule has 1 fully saturated rings. The van der Waals surface area contributed by atoms with Crippen LogP contribution in [0.5, 0.6) is 0 Å². The van der Waals surface area contributed by atoms with Crippen LogP contribution < -0.4 is 5.32 Å². The molecule has 0 radical (unpaired) electrons. The van der Waals surface area contributed by atoms with Crippen molar-refractivity contribution in [3.8, 4) is 0 Å². The monoisotopic (exact) mass is 627 g/mol. The SMILES string of the molecule is c1ccc(CNc2ncnc3c([C@@H]4O[C@H](COCc5ccccc5)[C@@H](OCc5ccccc5)[C@H]4OCc4ccccc4)coc23)cc1. The Morgan fingerprint density at radius 2 is 1.17 bits per heavy atom. The molecule has 8 heteroatoms. The first-order valence-electron chi connectivity index (χ1n) is 15.9. The molecule has 7 rings (SSSR count). The van der Waals surface area contributed by atoms with Crippen molar-refractivity contribution in [2.75, 3.05) is 11.9 Å². The Morgan fingerprint density at radius 3 is 1.79 bits per heavy atom. The van der Waals surface area contributed by atoms with Gasteiger partial charge in [0.05, 0.1) is 32.7 Å². The van der Waals surface area contributed by atoms with Crippen LogP contribution in [0.15, 0.2) is 138 Å². The Labute approximate surface area is 274 Å². The third-order valence-electron chi connectivity index (χ3n) is 8.26. The van der Waals surface area contributed by atoms with Crippen molar-refractivity contribution in [1.29, 1.82) is 0 Å². The zero-order valence-corrected chi connectivity index (χ0v) is 26.0. The maximum atomic E-state index is 6.81. The van der Waals surface area contributed by atoms with Gasteiger partial charge in [-0.15, -0.1) is 0 Å². The van der Waals surface area contributed by atoms with Crippen molar-refractivity contribution in [2.24, 2.45) is 0 Å². The van der Waals surface area contributed by atoms with Crippen LogP contribution in [-0.2, 0) is 45.3 Å². The number of fused-ring (bicyclic) bond motifs is 1. The lowest BCUT2D eigenvalue weighted by Gasteiger charge is -2.25. The second kappa shape index (κ2) is 15.2. The summed E-state index contributed by atoms with van der Waals surface area (Å²) in [5.74, 6) is 0.615. The molecule has 4 atom stereocenters. The molecular weight excluding hydrogens is 590 g/mol. The van der Waals surface area contributed by atoms with Gasteiger partial charge in [-0.2, -0.15) is 0 Å². The fourth-order valence-corrected chi connectivity index (χ4v) is 5.87. The highest BCUT2D eigenvalue weighted by Gasteiger charge is 2.48. The number of furan rings is 1. The van der Waals surface area contributed by atoms with Gasteiger partial charge in [-0.25, -0.2) is 9.97 Å². The van der Waals surface area contributed by atoms with E-state index in [4.69, 9.17) is 23.4 Å². The number of anilines is 1. The smallest absolute Gasteiger partial charge is 0.194 e. The molecule has 47 heavy (non-hydrogen) atoms. The lowest BCUT2D eigenvalue weighted by molar-refractivity contribution is -0.0898. The summed E-state index contributed by atoms with van der Waals surface area (Å²) >= 11 is 0. The van der Waals surface area contributed by atoms with Crippen LogP contribution in [0, 0.1) is 0 Å². The van der Waals surface area contributed by atoms with E-state index >= 15 is 0 Å². The highest BCUT2D eigenvalue weighted by molar-refractivity contribution is 5.86. The molecule has 238 valence electrons. The Kier molecular flexibility index (Phi) is 9.92. The standard InChI is InChI=1S/C39H37N3O5/c1-5-13-28(14-6-1)21-40-39-37-34(41-27-42-39)32(25-46-37)35-38(45-24-31-19-11-4-12-20-31)36(44-23-30-17-9-3-10-18-30)33(47-35)26-43-22-29-15-7-2-8-16-29/h1-20,25,27,33,35-36,38H,21-24,26H2,(H,40,41,42)/t33-,35+,36-,38+/m1/s1. The average molecular weight is 628 g/mol. The van der Waals surface area contributed by atoms with Crippen LogP contribution in [0.25, 0.3) is 11.1 Å². The molecule has 0 spiro atoms. The second-order valence-corrected chi connectivity index (χ2v) is 11.5. The molecular formula is C39H37N3O5. The molecule has 0 saturated carbocycles. The first kappa shape index (κ1) is 30.8. The summed E-state index contributed by atoms with van der Waals surface area (Å²) in [5.41, 5.74) is 6.36. The summed E-state index contributed by atoms with van der Waals surface area (Å²) in [5, 5.41) is 3.40. The highest BCUT2D eigenvalue weighted by atomic mass is 16.6. The average Bonchev–Trinajstić information content (AvgIpc) is 3.72. The Hall–Kier alpha value is -4.86. The molecule has 1 aliphatic rings. The first-order chi connectivity index (χ1) is 23.3. The number of aromatic nitrogens is 2. The van der Waals surface area contributed by atoms with E-state index in [1.165, 1.54) is 0 Å². The van der Waals surface area contributed by atoms with Gasteiger partial charge in [-0.3, -0.25) is 0 Å². The Bertz CT molecular complexity index is 1820. The highest BCUT2D eigenvalue weighted by Crippen LogP contribution is 2.42.